The molecule has 3 aromatic rings. The number of fused-ring (bicyclic) bond motifs is 5. The zero-order valence-corrected chi connectivity index (χ0v) is 23.3. The van der Waals surface area contributed by atoms with Crippen molar-refractivity contribution >= 4 is 49.4 Å². The maximum Gasteiger partial charge on any atom is 0.238 e. The fraction of sp³-hybridized carbons (Fsp3) is 0.333. The Labute approximate surface area is 228 Å². The number of hydrogen-bond donors (Lipinski definition) is 0. The van der Waals surface area contributed by atoms with Crippen molar-refractivity contribution in [2.45, 2.75) is 35.3 Å². The maximum atomic E-state index is 13.3. The Morgan fingerprint density at radius 2 is 1.19 bits per heavy atom. The minimum atomic E-state index is -0.213. The summed E-state index contributed by atoms with van der Waals surface area (Å²) < 4.78 is 6.07. The van der Waals surface area contributed by atoms with E-state index in [0.29, 0.717) is 11.4 Å². The largest absolute Gasteiger partial charge is 0.457 e. The number of halogens is 2. The molecule has 0 aromatic heterocycles. The molecule has 0 radical (unpaired) electrons. The predicted molar refractivity (Wildman–Crippen MR) is 148 cm³/mol. The summed E-state index contributed by atoms with van der Waals surface area (Å²) in [5.41, 5.74) is 2.97. The number of benzene rings is 3. The van der Waals surface area contributed by atoms with E-state index in [0.717, 1.165) is 12.2 Å². The highest BCUT2D eigenvalue weighted by Gasteiger charge is 2.66. The van der Waals surface area contributed by atoms with Crippen LogP contribution in [-0.2, 0) is 15.0 Å². The van der Waals surface area contributed by atoms with Crippen molar-refractivity contribution in [1.82, 2.24) is 0 Å². The molecule has 6 heteroatoms. The van der Waals surface area contributed by atoms with Gasteiger partial charge in [0.1, 0.15) is 11.5 Å². The average molecular weight is 609 g/mol. The quantitative estimate of drug-likeness (QED) is 0.229. The minimum Gasteiger partial charge on any atom is -0.457 e. The monoisotopic (exact) mass is 607 g/mol. The molecule has 0 spiro atoms. The van der Waals surface area contributed by atoms with E-state index in [9.17, 15) is 9.59 Å². The lowest BCUT2D eigenvalue weighted by molar-refractivity contribution is -0.123. The zero-order valence-electron chi connectivity index (χ0n) is 20.1. The fourth-order valence-electron chi connectivity index (χ4n) is 6.36. The normalized spacial score (nSPS) is 29.1. The van der Waals surface area contributed by atoms with Crippen LogP contribution in [0.2, 0.25) is 0 Å². The Morgan fingerprint density at radius 3 is 1.72 bits per heavy atom. The molecule has 2 aliphatic carbocycles. The molecule has 6 rings (SSSR count). The molecule has 2 bridgehead atoms. The van der Waals surface area contributed by atoms with Crippen molar-refractivity contribution in [2.75, 3.05) is 4.90 Å². The molecule has 0 N–H and O–H groups in total. The van der Waals surface area contributed by atoms with Gasteiger partial charge in [0, 0.05) is 15.1 Å². The predicted octanol–water partition coefficient (Wildman–Crippen LogP) is 7.09. The molecule has 1 aliphatic heterocycles. The number of nitrogens with zero attached hydrogens (tertiary/aromatic N) is 1. The van der Waals surface area contributed by atoms with Gasteiger partial charge in [0.2, 0.25) is 11.8 Å². The topological polar surface area (TPSA) is 46.6 Å². The van der Waals surface area contributed by atoms with Gasteiger partial charge in [0.25, 0.3) is 0 Å². The Balaban J connectivity index is 1.17. The first-order valence-electron chi connectivity index (χ1n) is 12.4. The van der Waals surface area contributed by atoms with Crippen LogP contribution >= 0.6 is 31.9 Å². The van der Waals surface area contributed by atoms with Crippen LogP contribution in [0.25, 0.3) is 0 Å². The van der Waals surface area contributed by atoms with Crippen molar-refractivity contribution in [2.24, 2.45) is 23.7 Å². The second-order valence-corrected chi connectivity index (χ2v) is 12.7. The van der Waals surface area contributed by atoms with Crippen LogP contribution in [0, 0.1) is 23.7 Å². The van der Waals surface area contributed by atoms with Crippen LogP contribution in [0.4, 0.5) is 5.69 Å². The van der Waals surface area contributed by atoms with Gasteiger partial charge in [0.05, 0.1) is 17.5 Å². The molecular formula is C30H27Br2NO3. The zero-order chi connectivity index (χ0) is 25.2. The van der Waals surface area contributed by atoms with Gasteiger partial charge in [0.15, 0.2) is 0 Å². The number of imide groups is 1. The number of alkyl halides is 2. The SMILES string of the molecule is CC(C)(c1ccccc1)c1ccc(Oc2ccc(N3C(=O)[C@@H]4[C@H]5C[C@H]([C@H](Br)[C@@H]5Br)[C@@H]4C3=O)cc2)cc1. The van der Waals surface area contributed by atoms with E-state index in [1.165, 1.54) is 16.0 Å². The highest BCUT2D eigenvalue weighted by atomic mass is 79.9. The first kappa shape index (κ1) is 23.9. The maximum absolute atomic E-state index is 13.3. The summed E-state index contributed by atoms with van der Waals surface area (Å²) in [6.07, 6.45) is 0.931. The number of carbonyl (C=O) groups is 2. The smallest absolute Gasteiger partial charge is 0.238 e. The van der Waals surface area contributed by atoms with Gasteiger partial charge in [-0.05, 0) is 65.8 Å². The lowest BCUT2D eigenvalue weighted by Gasteiger charge is -2.28. The molecule has 2 saturated carbocycles. The lowest BCUT2D eigenvalue weighted by atomic mass is 9.78. The number of amides is 2. The highest BCUT2D eigenvalue weighted by molar-refractivity contribution is 9.12. The molecule has 184 valence electrons. The Bertz CT molecular complexity index is 1270. The summed E-state index contributed by atoms with van der Waals surface area (Å²) in [4.78, 5) is 28.4. The highest BCUT2D eigenvalue weighted by Crippen LogP contribution is 2.60. The molecule has 6 atom stereocenters. The molecule has 1 heterocycles. The van der Waals surface area contributed by atoms with E-state index in [2.05, 4.69) is 82.1 Å². The van der Waals surface area contributed by atoms with Gasteiger partial charge in [-0.3, -0.25) is 14.5 Å². The third-order valence-corrected chi connectivity index (χ3v) is 11.6. The van der Waals surface area contributed by atoms with Crippen LogP contribution in [-0.4, -0.2) is 21.5 Å². The molecule has 36 heavy (non-hydrogen) atoms. The van der Waals surface area contributed by atoms with E-state index in [1.807, 2.05) is 30.3 Å². The minimum absolute atomic E-state index is 0.0633. The second kappa shape index (κ2) is 8.84. The van der Waals surface area contributed by atoms with Gasteiger partial charge in [-0.2, -0.15) is 0 Å². The summed E-state index contributed by atoms with van der Waals surface area (Å²) in [7, 11) is 0. The van der Waals surface area contributed by atoms with Crippen LogP contribution < -0.4 is 9.64 Å². The molecule has 4 nitrogen and oxygen atoms in total. The van der Waals surface area contributed by atoms with Crippen LogP contribution in [0.3, 0.4) is 0 Å². The summed E-state index contributed by atoms with van der Waals surface area (Å²) in [5.74, 6) is 1.27. The standard InChI is InChI=1S/C30H27Br2NO3/c1-30(2,17-6-4-3-5-7-17)18-8-12-20(13-9-18)36-21-14-10-19(11-15-21)33-28(34)24-22-16-23(25(24)29(33)35)27(32)26(22)31/h3-15,22-27H,16H2,1-2H3/t22-,23+,24-,25+,26-,27+. The van der Waals surface area contributed by atoms with Crippen LogP contribution in [0.15, 0.2) is 78.9 Å². The van der Waals surface area contributed by atoms with Gasteiger partial charge < -0.3 is 4.74 Å². The van der Waals surface area contributed by atoms with Gasteiger partial charge in [-0.1, -0.05) is 88.2 Å². The van der Waals surface area contributed by atoms with Crippen molar-refractivity contribution < 1.29 is 14.3 Å². The average Bonchev–Trinajstić information content (AvgIpc) is 3.50. The molecule has 1 saturated heterocycles. The molecule has 2 amide bonds. The van der Waals surface area contributed by atoms with E-state index in [1.54, 1.807) is 12.1 Å². The Morgan fingerprint density at radius 1 is 0.722 bits per heavy atom. The fourth-order valence-corrected chi connectivity index (χ4v) is 8.24. The van der Waals surface area contributed by atoms with Gasteiger partial charge >= 0.3 is 0 Å². The molecule has 3 aliphatic rings. The number of ether oxygens (including phenoxy) is 1. The number of rotatable bonds is 5. The number of carbonyl (C=O) groups excluding carboxylic acids is 2. The van der Waals surface area contributed by atoms with Crippen LogP contribution in [0.1, 0.15) is 31.4 Å². The first-order valence-corrected chi connectivity index (χ1v) is 14.2. The number of hydrogen-bond acceptors (Lipinski definition) is 3. The molecule has 3 aromatic carbocycles. The van der Waals surface area contributed by atoms with Crippen molar-refractivity contribution in [1.29, 1.82) is 0 Å². The summed E-state index contributed by atoms with van der Waals surface area (Å²) in [6, 6.07) is 25.9. The van der Waals surface area contributed by atoms with Gasteiger partial charge in [-0.15, -0.1) is 0 Å². The van der Waals surface area contributed by atoms with Crippen LogP contribution in [0.5, 0.6) is 11.5 Å². The third kappa shape index (κ3) is 3.67. The van der Waals surface area contributed by atoms with Crippen molar-refractivity contribution in [3.63, 3.8) is 0 Å². The third-order valence-electron chi connectivity index (χ3n) is 8.39. The van der Waals surface area contributed by atoms with Gasteiger partial charge in [-0.25, -0.2) is 0 Å². The second-order valence-electron chi connectivity index (χ2n) is 10.6. The van der Waals surface area contributed by atoms with Crippen molar-refractivity contribution in [3.8, 4) is 11.5 Å². The molecule has 3 fully saturated rings. The van der Waals surface area contributed by atoms with E-state index in [-0.39, 0.29) is 50.6 Å². The van der Waals surface area contributed by atoms with E-state index in [4.69, 9.17) is 4.74 Å². The summed E-state index contributed by atoms with van der Waals surface area (Å²) in [5, 5.41) is 0. The van der Waals surface area contributed by atoms with E-state index < -0.39 is 0 Å². The van der Waals surface area contributed by atoms with E-state index >= 15 is 0 Å². The summed E-state index contributed by atoms with van der Waals surface area (Å²) >= 11 is 7.49. The summed E-state index contributed by atoms with van der Waals surface area (Å²) in [6.45, 7) is 4.43. The van der Waals surface area contributed by atoms with Crippen molar-refractivity contribution in [3.05, 3.63) is 90.0 Å². The number of anilines is 1. The molecule has 0 unspecified atom stereocenters. The first-order chi connectivity index (χ1) is 17.3. The Kier molecular flexibility index (Phi) is 5.88. The Hall–Kier alpha value is -2.44. The molecular weight excluding hydrogens is 582 g/mol. The lowest BCUT2D eigenvalue weighted by Crippen LogP contribution is -2.37.